The Labute approximate surface area is 329 Å². The Bertz CT molecular complexity index is 2360. The molecule has 274 valence electrons. The molecule has 0 unspecified atom stereocenters. The summed E-state index contributed by atoms with van der Waals surface area (Å²) in [5.41, 5.74) is 12.9. The van der Waals surface area contributed by atoms with Gasteiger partial charge in [-0.3, -0.25) is 4.68 Å². The third-order valence-electron chi connectivity index (χ3n) is 9.97. The normalized spacial score (nSPS) is 11.6. The number of hydrogen-bond donors (Lipinski definition) is 0. The van der Waals surface area contributed by atoms with E-state index in [2.05, 4.69) is 150 Å². The van der Waals surface area contributed by atoms with E-state index in [1.165, 1.54) is 39.1 Å². The topological polar surface area (TPSA) is 44.9 Å². The summed E-state index contributed by atoms with van der Waals surface area (Å²) in [6.45, 7) is 17.9. The molecule has 53 heavy (non-hydrogen) atoms. The van der Waals surface area contributed by atoms with Crippen molar-refractivity contribution in [3.63, 3.8) is 0 Å². The zero-order valence-corrected chi connectivity index (χ0v) is 34.6. The van der Waals surface area contributed by atoms with Gasteiger partial charge in [0.05, 0.1) is 5.69 Å². The molecular formula is C47H50N4OPt. The van der Waals surface area contributed by atoms with Gasteiger partial charge in [-0.05, 0) is 96.5 Å². The molecule has 0 aliphatic rings. The molecule has 0 aliphatic heterocycles. The van der Waals surface area contributed by atoms with Crippen LogP contribution < -0.4 is 4.74 Å². The molecule has 0 fully saturated rings. The minimum Gasteiger partial charge on any atom is -0.509 e. The van der Waals surface area contributed by atoms with E-state index in [1.807, 2.05) is 12.3 Å². The van der Waals surface area contributed by atoms with Gasteiger partial charge in [-0.25, -0.2) is 4.98 Å². The number of pyridine rings is 1. The summed E-state index contributed by atoms with van der Waals surface area (Å²) >= 11 is 0. The fourth-order valence-corrected chi connectivity index (χ4v) is 7.60. The molecule has 6 heteroatoms. The van der Waals surface area contributed by atoms with Gasteiger partial charge >= 0.3 is 21.1 Å². The molecule has 4 aromatic carbocycles. The molecule has 7 aromatic rings. The van der Waals surface area contributed by atoms with Crippen molar-refractivity contribution in [1.29, 1.82) is 0 Å². The molecule has 0 amide bonds. The first-order valence-electron chi connectivity index (χ1n) is 19.0. The molecular weight excluding hydrogens is 832 g/mol. The van der Waals surface area contributed by atoms with Crippen LogP contribution in [-0.2, 0) is 40.3 Å². The number of fused-ring (bicyclic) bond motifs is 3. The van der Waals surface area contributed by atoms with Crippen LogP contribution in [0.15, 0.2) is 85.1 Å². The minimum absolute atomic E-state index is 0. The van der Waals surface area contributed by atoms with Crippen molar-refractivity contribution in [2.75, 3.05) is 0 Å². The molecule has 0 bridgehead atoms. The Hall–Kier alpha value is -4.47. The average molecular weight is 882 g/mol. The number of rotatable bonds is 12. The summed E-state index contributed by atoms with van der Waals surface area (Å²) in [6, 6.07) is 35.2. The molecule has 5 nitrogen and oxygen atoms in total. The van der Waals surface area contributed by atoms with Crippen LogP contribution in [0.5, 0.6) is 11.5 Å². The second-order valence-corrected chi connectivity index (χ2v) is 14.9. The summed E-state index contributed by atoms with van der Waals surface area (Å²) in [4.78, 5) is 4.84. The Morgan fingerprint density at radius 1 is 0.755 bits per heavy atom. The van der Waals surface area contributed by atoms with Gasteiger partial charge in [-0.2, -0.15) is 11.2 Å². The van der Waals surface area contributed by atoms with Crippen LogP contribution in [0, 0.1) is 31.9 Å². The van der Waals surface area contributed by atoms with Gasteiger partial charge in [0, 0.05) is 34.5 Å². The Kier molecular flexibility index (Phi) is 11.7. The summed E-state index contributed by atoms with van der Waals surface area (Å²) in [5, 5.41) is 7.62. The van der Waals surface area contributed by atoms with E-state index in [0.29, 0.717) is 17.4 Å². The second-order valence-electron chi connectivity index (χ2n) is 14.9. The number of aryl methyl sites for hydroxylation is 3. The van der Waals surface area contributed by atoms with Gasteiger partial charge in [0.15, 0.2) is 0 Å². The number of para-hydroxylation sites is 1. The largest absolute Gasteiger partial charge is 2.00 e. The third-order valence-corrected chi connectivity index (χ3v) is 9.97. The van der Waals surface area contributed by atoms with Gasteiger partial charge in [-0.1, -0.05) is 96.3 Å². The quantitative estimate of drug-likeness (QED) is 0.115. The Morgan fingerprint density at radius 3 is 2.23 bits per heavy atom. The maximum Gasteiger partial charge on any atom is 2.00 e. The van der Waals surface area contributed by atoms with Crippen LogP contribution in [0.2, 0.25) is 0 Å². The number of ether oxygens (including phenoxy) is 1. The zero-order chi connectivity index (χ0) is 36.5. The minimum atomic E-state index is 0. The Morgan fingerprint density at radius 2 is 1.51 bits per heavy atom. The van der Waals surface area contributed by atoms with Crippen LogP contribution in [0.3, 0.4) is 0 Å². The molecule has 0 spiro atoms. The smallest absolute Gasteiger partial charge is 0.509 e. The number of hydrogen-bond acceptors (Lipinski definition) is 3. The van der Waals surface area contributed by atoms with Gasteiger partial charge in [0.2, 0.25) is 0 Å². The van der Waals surface area contributed by atoms with Crippen LogP contribution in [-0.4, -0.2) is 19.3 Å². The SMILES string of the molecule is CCCc1nn(-c2[c-]c(Oc3[c-]c4c(cc3)c3ccccc3n4-c3cc(CC(C)C)ccn3)cc(C(C)C)c2)c(CCC)c1-c1c(C)cccc1C.[Pt+2]. The van der Waals surface area contributed by atoms with Crippen molar-refractivity contribution in [2.24, 2.45) is 5.92 Å². The average Bonchev–Trinajstić information content (AvgIpc) is 3.63. The Balaban J connectivity index is 0.00000481. The maximum atomic E-state index is 6.72. The molecule has 3 heterocycles. The molecule has 0 N–H and O–H groups in total. The summed E-state index contributed by atoms with van der Waals surface area (Å²) < 4.78 is 11.1. The monoisotopic (exact) mass is 881 g/mol. The van der Waals surface area contributed by atoms with Crippen LogP contribution >= 0.6 is 0 Å². The van der Waals surface area contributed by atoms with E-state index in [0.717, 1.165) is 71.1 Å². The van der Waals surface area contributed by atoms with E-state index in [4.69, 9.17) is 14.8 Å². The summed E-state index contributed by atoms with van der Waals surface area (Å²) in [5.74, 6) is 3.01. The molecule has 7 rings (SSSR count). The molecule has 3 aromatic heterocycles. The van der Waals surface area contributed by atoms with E-state index < -0.39 is 0 Å². The van der Waals surface area contributed by atoms with Crippen LogP contribution in [0.25, 0.3) is 44.4 Å². The second kappa shape index (κ2) is 16.3. The first-order valence-corrected chi connectivity index (χ1v) is 19.0. The predicted octanol–water partition coefficient (Wildman–Crippen LogP) is 12.3. The zero-order valence-electron chi connectivity index (χ0n) is 32.3. The molecule has 0 aliphatic carbocycles. The third kappa shape index (κ3) is 7.64. The molecule has 0 saturated carbocycles. The molecule has 0 radical (unpaired) electrons. The van der Waals surface area contributed by atoms with E-state index in [1.54, 1.807) is 0 Å². The number of nitrogens with zero attached hydrogens (tertiary/aromatic N) is 4. The van der Waals surface area contributed by atoms with Crippen molar-refractivity contribution < 1.29 is 25.8 Å². The van der Waals surface area contributed by atoms with E-state index in [9.17, 15) is 0 Å². The fourth-order valence-electron chi connectivity index (χ4n) is 7.60. The van der Waals surface area contributed by atoms with Gasteiger partial charge in [-0.15, -0.1) is 41.3 Å². The van der Waals surface area contributed by atoms with E-state index >= 15 is 0 Å². The molecule has 0 saturated heterocycles. The standard InChI is InChI=1S/C47H50N4O.Pt/c1-9-14-41-47(46-32(7)16-13-17-33(46)8)43(15-10-2)51(49-41)36-26-35(31(5)6)27-38(28-36)52-37-20-21-40-39-18-11-12-19-42(39)50(44(40)29-37)45-25-34(22-23-48-45)24-30(3)4;/h11-13,16-23,25-27,30-31H,9-10,14-15,24H2,1-8H3;/q-2;+2. The summed E-state index contributed by atoms with van der Waals surface area (Å²) in [6.07, 6.45) is 6.78. The maximum absolute atomic E-state index is 6.72. The van der Waals surface area contributed by atoms with Crippen LogP contribution in [0.1, 0.15) is 93.9 Å². The summed E-state index contributed by atoms with van der Waals surface area (Å²) in [7, 11) is 0. The molecule has 0 atom stereocenters. The number of aromatic nitrogens is 4. The first kappa shape index (κ1) is 38.3. The fraction of sp³-hybridized carbons (Fsp3) is 0.319. The van der Waals surface area contributed by atoms with Crippen molar-refractivity contribution in [3.05, 3.63) is 131 Å². The van der Waals surface area contributed by atoms with Crippen molar-refractivity contribution in [2.45, 2.75) is 93.4 Å². The van der Waals surface area contributed by atoms with Gasteiger partial charge < -0.3 is 9.30 Å². The van der Waals surface area contributed by atoms with Crippen molar-refractivity contribution >= 4 is 21.8 Å². The van der Waals surface area contributed by atoms with Gasteiger partial charge in [0.25, 0.3) is 0 Å². The van der Waals surface area contributed by atoms with Gasteiger partial charge in [0.1, 0.15) is 5.82 Å². The number of benzene rings is 4. The first-order chi connectivity index (χ1) is 25.2. The van der Waals surface area contributed by atoms with Crippen molar-refractivity contribution in [3.8, 4) is 34.1 Å². The van der Waals surface area contributed by atoms with Crippen molar-refractivity contribution in [1.82, 2.24) is 19.3 Å². The predicted molar refractivity (Wildman–Crippen MR) is 215 cm³/mol. The van der Waals surface area contributed by atoms with E-state index in [-0.39, 0.29) is 27.0 Å². The van der Waals surface area contributed by atoms with Crippen LogP contribution in [0.4, 0.5) is 0 Å².